The summed E-state index contributed by atoms with van der Waals surface area (Å²) in [7, 11) is -4.23. The van der Waals surface area contributed by atoms with Crippen LogP contribution in [-0.2, 0) is 10.0 Å². The maximum atomic E-state index is 13.2. The molecule has 1 unspecified atom stereocenters. The molecule has 7 heteroatoms. The van der Waals surface area contributed by atoms with E-state index in [-0.39, 0.29) is 13.0 Å². The summed E-state index contributed by atoms with van der Waals surface area (Å²) in [5.74, 6) is -2.29. The lowest BCUT2D eigenvalue weighted by Crippen LogP contribution is -2.28. The molecule has 4 nitrogen and oxygen atoms in total. The number of benzene rings is 1. The quantitative estimate of drug-likeness (QED) is 0.835. The zero-order valence-corrected chi connectivity index (χ0v) is 9.97. The number of hydrogen-bond acceptors (Lipinski definition) is 3. The fraction of sp³-hybridized carbons (Fsp3) is 0.400. The molecule has 96 valence electrons. The summed E-state index contributed by atoms with van der Waals surface area (Å²) in [4.78, 5) is -0.995. The lowest BCUT2D eigenvalue weighted by Gasteiger charge is -2.09. The maximum Gasteiger partial charge on any atom is 0.246 e. The Morgan fingerprint density at radius 1 is 1.35 bits per heavy atom. The fourth-order valence-electron chi connectivity index (χ4n) is 1.21. The van der Waals surface area contributed by atoms with Gasteiger partial charge >= 0.3 is 0 Å². The van der Waals surface area contributed by atoms with Gasteiger partial charge in [0.1, 0.15) is 11.6 Å². The molecule has 0 amide bonds. The van der Waals surface area contributed by atoms with Crippen molar-refractivity contribution in [1.82, 2.24) is 4.72 Å². The van der Waals surface area contributed by atoms with E-state index >= 15 is 0 Å². The van der Waals surface area contributed by atoms with Crippen molar-refractivity contribution in [2.75, 3.05) is 6.54 Å². The van der Waals surface area contributed by atoms with E-state index < -0.39 is 32.7 Å². The Hall–Kier alpha value is -1.05. The van der Waals surface area contributed by atoms with Crippen molar-refractivity contribution in [2.24, 2.45) is 0 Å². The Bertz CT molecular complexity index is 468. The standard InChI is InChI=1S/C10H13F2NO3S/c1-7(14)5-6-13-17(15,16)10-8(11)3-2-4-9(10)12/h2-4,7,13-14H,5-6H2,1H3. The zero-order chi connectivity index (χ0) is 13.1. The molecule has 0 aromatic heterocycles. The monoisotopic (exact) mass is 265 g/mol. The third kappa shape index (κ3) is 3.72. The normalized spacial score (nSPS) is 13.6. The van der Waals surface area contributed by atoms with Crippen molar-refractivity contribution in [3.05, 3.63) is 29.8 Å². The van der Waals surface area contributed by atoms with Crippen LogP contribution in [-0.4, -0.2) is 26.2 Å². The van der Waals surface area contributed by atoms with E-state index in [0.717, 1.165) is 18.2 Å². The van der Waals surface area contributed by atoms with Gasteiger partial charge in [-0.3, -0.25) is 0 Å². The third-order valence-corrected chi connectivity index (χ3v) is 3.55. The largest absolute Gasteiger partial charge is 0.393 e. The topological polar surface area (TPSA) is 66.4 Å². The Balaban J connectivity index is 2.90. The summed E-state index contributed by atoms with van der Waals surface area (Å²) in [6, 6.07) is 2.82. The molecule has 0 fully saturated rings. The molecule has 1 aromatic rings. The summed E-state index contributed by atoms with van der Waals surface area (Å²) in [5.41, 5.74) is 0. The molecule has 0 aliphatic heterocycles. The minimum atomic E-state index is -4.23. The van der Waals surface area contributed by atoms with Crippen LogP contribution in [0.3, 0.4) is 0 Å². The molecule has 1 atom stereocenters. The van der Waals surface area contributed by atoms with Crippen molar-refractivity contribution < 1.29 is 22.3 Å². The van der Waals surface area contributed by atoms with Crippen molar-refractivity contribution in [1.29, 1.82) is 0 Å². The number of sulfonamides is 1. The summed E-state index contributed by atoms with van der Waals surface area (Å²) in [5, 5.41) is 8.95. The molecule has 0 heterocycles. The predicted molar refractivity (Wildman–Crippen MR) is 57.8 cm³/mol. The van der Waals surface area contributed by atoms with Crippen LogP contribution in [0.25, 0.3) is 0 Å². The number of nitrogens with one attached hydrogen (secondary N) is 1. The van der Waals surface area contributed by atoms with Gasteiger partial charge in [-0.2, -0.15) is 0 Å². The molecule has 2 N–H and O–H groups in total. The summed E-state index contributed by atoms with van der Waals surface area (Å²) >= 11 is 0. The van der Waals surface area contributed by atoms with E-state index in [4.69, 9.17) is 5.11 Å². The Labute approximate surface area is 98.3 Å². The minimum Gasteiger partial charge on any atom is -0.393 e. The molecule has 0 saturated heterocycles. The Morgan fingerprint density at radius 3 is 2.35 bits per heavy atom. The van der Waals surface area contributed by atoms with E-state index in [1.54, 1.807) is 0 Å². The smallest absolute Gasteiger partial charge is 0.246 e. The van der Waals surface area contributed by atoms with Crippen molar-refractivity contribution in [3.63, 3.8) is 0 Å². The van der Waals surface area contributed by atoms with Crippen LogP contribution in [0.15, 0.2) is 23.1 Å². The molecule has 0 spiro atoms. The van der Waals surface area contributed by atoms with Crippen LogP contribution >= 0.6 is 0 Å². The lowest BCUT2D eigenvalue weighted by atomic mass is 10.3. The number of aliphatic hydroxyl groups is 1. The van der Waals surface area contributed by atoms with Crippen LogP contribution in [0.4, 0.5) is 8.78 Å². The first-order valence-electron chi connectivity index (χ1n) is 4.96. The maximum absolute atomic E-state index is 13.2. The van der Waals surface area contributed by atoms with Gasteiger partial charge in [-0.1, -0.05) is 6.07 Å². The Kier molecular flexibility index (Phi) is 4.55. The van der Waals surface area contributed by atoms with Crippen molar-refractivity contribution in [2.45, 2.75) is 24.3 Å². The first-order chi connectivity index (χ1) is 7.84. The second-order valence-corrected chi connectivity index (χ2v) is 5.29. The first kappa shape index (κ1) is 14.0. The molecule has 0 radical (unpaired) electrons. The van der Waals surface area contributed by atoms with Crippen molar-refractivity contribution in [3.8, 4) is 0 Å². The van der Waals surface area contributed by atoms with Crippen LogP contribution in [0, 0.1) is 11.6 Å². The molecular formula is C10H13F2NO3S. The van der Waals surface area contributed by atoms with Gasteiger partial charge in [-0.15, -0.1) is 0 Å². The summed E-state index contributed by atoms with van der Waals surface area (Å²) in [6.07, 6.45) is -0.530. The first-order valence-corrected chi connectivity index (χ1v) is 6.44. The second kappa shape index (κ2) is 5.52. The number of hydrogen-bond donors (Lipinski definition) is 2. The molecule has 0 aliphatic rings. The van der Waals surface area contributed by atoms with Crippen LogP contribution in [0.1, 0.15) is 13.3 Å². The highest BCUT2D eigenvalue weighted by Crippen LogP contribution is 2.17. The molecule has 0 saturated carbocycles. The summed E-state index contributed by atoms with van der Waals surface area (Å²) < 4.78 is 51.6. The molecular weight excluding hydrogens is 252 g/mol. The van der Waals surface area contributed by atoms with Crippen molar-refractivity contribution >= 4 is 10.0 Å². The third-order valence-electron chi connectivity index (χ3n) is 2.04. The van der Waals surface area contributed by atoms with E-state index in [1.807, 2.05) is 4.72 Å². The van der Waals surface area contributed by atoms with E-state index in [0.29, 0.717) is 0 Å². The highest BCUT2D eigenvalue weighted by molar-refractivity contribution is 7.89. The summed E-state index contributed by atoms with van der Waals surface area (Å²) in [6.45, 7) is 1.39. The average molecular weight is 265 g/mol. The highest BCUT2D eigenvalue weighted by Gasteiger charge is 2.23. The van der Waals surface area contributed by atoms with E-state index in [2.05, 4.69) is 0 Å². The zero-order valence-electron chi connectivity index (χ0n) is 9.15. The minimum absolute atomic E-state index is 0.0895. The van der Waals surface area contributed by atoms with Gasteiger partial charge in [0.2, 0.25) is 10.0 Å². The van der Waals surface area contributed by atoms with Crippen LogP contribution < -0.4 is 4.72 Å². The van der Waals surface area contributed by atoms with Gasteiger partial charge in [0, 0.05) is 6.54 Å². The SMILES string of the molecule is CC(O)CCNS(=O)(=O)c1c(F)cccc1F. The molecule has 0 bridgehead atoms. The Morgan fingerprint density at radius 2 is 1.88 bits per heavy atom. The van der Waals surface area contributed by atoms with Gasteiger partial charge < -0.3 is 5.11 Å². The number of halogens is 2. The highest BCUT2D eigenvalue weighted by atomic mass is 32.2. The van der Waals surface area contributed by atoms with E-state index in [1.165, 1.54) is 6.92 Å². The number of rotatable bonds is 5. The van der Waals surface area contributed by atoms with Gasteiger partial charge in [0.05, 0.1) is 6.10 Å². The van der Waals surface area contributed by atoms with Gasteiger partial charge in [-0.05, 0) is 25.5 Å². The molecule has 1 aromatic carbocycles. The fourth-order valence-corrected chi connectivity index (χ4v) is 2.39. The predicted octanol–water partition coefficient (Wildman–Crippen LogP) is 1.01. The van der Waals surface area contributed by atoms with Crippen LogP contribution in [0.2, 0.25) is 0 Å². The average Bonchev–Trinajstić information content (AvgIpc) is 2.15. The van der Waals surface area contributed by atoms with Gasteiger partial charge in [-0.25, -0.2) is 21.9 Å². The molecule has 0 aliphatic carbocycles. The van der Waals surface area contributed by atoms with Gasteiger partial charge in [0.15, 0.2) is 4.90 Å². The van der Waals surface area contributed by atoms with Gasteiger partial charge in [0.25, 0.3) is 0 Å². The number of aliphatic hydroxyl groups excluding tert-OH is 1. The molecule has 1 rings (SSSR count). The van der Waals surface area contributed by atoms with E-state index in [9.17, 15) is 17.2 Å². The second-order valence-electron chi connectivity index (χ2n) is 3.59. The lowest BCUT2D eigenvalue weighted by molar-refractivity contribution is 0.186. The molecule has 17 heavy (non-hydrogen) atoms. The van der Waals surface area contributed by atoms with Crippen LogP contribution in [0.5, 0.6) is 0 Å².